The Morgan fingerprint density at radius 3 is 2.14 bits per heavy atom. The number of amides is 2. The number of methoxy groups -OCH3 is 1. The molecule has 0 saturated carbocycles. The summed E-state index contributed by atoms with van der Waals surface area (Å²) in [4.78, 5) is 37.3. The quantitative estimate of drug-likeness (QED) is 0.333. The first kappa shape index (κ1) is 25.7. The van der Waals surface area contributed by atoms with E-state index in [1.54, 1.807) is 31.4 Å². The molecule has 0 unspecified atom stereocenters. The lowest BCUT2D eigenvalue weighted by molar-refractivity contribution is -0.141. The van der Waals surface area contributed by atoms with Crippen molar-refractivity contribution in [3.8, 4) is 11.5 Å². The number of carbonyl (C=O) groups is 3. The molecule has 0 heterocycles. The van der Waals surface area contributed by atoms with Crippen molar-refractivity contribution in [1.82, 2.24) is 5.32 Å². The summed E-state index contributed by atoms with van der Waals surface area (Å²) in [6.07, 6.45) is 0.688. The Morgan fingerprint density at radius 2 is 1.51 bits per heavy atom. The summed E-state index contributed by atoms with van der Waals surface area (Å²) in [5.74, 6) is -0.437. The van der Waals surface area contributed by atoms with Gasteiger partial charge in [-0.3, -0.25) is 9.59 Å². The molecular weight excluding hydrogens is 444 g/mol. The second-order valence-electron chi connectivity index (χ2n) is 8.69. The Hall–Kier alpha value is -3.87. The zero-order valence-electron chi connectivity index (χ0n) is 20.8. The van der Waals surface area contributed by atoms with E-state index in [0.717, 1.165) is 22.1 Å². The number of ether oxygens (including phenoxy) is 2. The SMILES string of the molecule is CC[C@H](C)[C@H](NC(=O)[C@@H](C)c1ccc2cc(OC)ccc2c1)C(=O)Oc1ccc(NC(C)=O)cc1. The van der Waals surface area contributed by atoms with Crippen molar-refractivity contribution in [2.24, 2.45) is 5.92 Å². The van der Waals surface area contributed by atoms with Gasteiger partial charge in [-0.25, -0.2) is 4.79 Å². The molecule has 0 fully saturated rings. The van der Waals surface area contributed by atoms with E-state index in [2.05, 4.69) is 10.6 Å². The van der Waals surface area contributed by atoms with E-state index in [-0.39, 0.29) is 17.7 Å². The van der Waals surface area contributed by atoms with Gasteiger partial charge in [-0.2, -0.15) is 0 Å². The van der Waals surface area contributed by atoms with Crippen LogP contribution in [0.3, 0.4) is 0 Å². The van der Waals surface area contributed by atoms with Gasteiger partial charge in [0.15, 0.2) is 0 Å². The summed E-state index contributed by atoms with van der Waals surface area (Å²) in [5, 5.41) is 7.59. The van der Waals surface area contributed by atoms with Gasteiger partial charge in [0.2, 0.25) is 11.8 Å². The minimum absolute atomic E-state index is 0.124. The van der Waals surface area contributed by atoms with Crippen molar-refractivity contribution in [3.05, 3.63) is 66.2 Å². The van der Waals surface area contributed by atoms with Crippen LogP contribution in [0, 0.1) is 5.92 Å². The van der Waals surface area contributed by atoms with E-state index >= 15 is 0 Å². The van der Waals surface area contributed by atoms with Gasteiger partial charge in [0.1, 0.15) is 17.5 Å². The number of carbonyl (C=O) groups excluding carboxylic acids is 3. The second kappa shape index (κ2) is 11.5. The Kier molecular flexibility index (Phi) is 8.47. The molecule has 35 heavy (non-hydrogen) atoms. The minimum Gasteiger partial charge on any atom is -0.497 e. The Balaban J connectivity index is 1.72. The predicted molar refractivity (Wildman–Crippen MR) is 137 cm³/mol. The van der Waals surface area contributed by atoms with Crippen molar-refractivity contribution in [3.63, 3.8) is 0 Å². The van der Waals surface area contributed by atoms with Crippen LogP contribution >= 0.6 is 0 Å². The number of benzene rings is 3. The first-order valence-electron chi connectivity index (χ1n) is 11.7. The third-order valence-electron chi connectivity index (χ3n) is 6.12. The van der Waals surface area contributed by atoms with Crippen molar-refractivity contribution in [2.75, 3.05) is 12.4 Å². The first-order chi connectivity index (χ1) is 16.7. The normalized spacial score (nSPS) is 13.4. The van der Waals surface area contributed by atoms with E-state index in [1.807, 2.05) is 57.2 Å². The molecule has 2 N–H and O–H groups in total. The molecule has 184 valence electrons. The molecule has 0 spiro atoms. The lowest BCUT2D eigenvalue weighted by Crippen LogP contribution is -2.48. The summed E-state index contributed by atoms with van der Waals surface area (Å²) in [7, 11) is 1.63. The molecule has 3 rings (SSSR count). The van der Waals surface area contributed by atoms with E-state index in [1.165, 1.54) is 6.92 Å². The van der Waals surface area contributed by atoms with Crippen LogP contribution in [0.1, 0.15) is 45.6 Å². The van der Waals surface area contributed by atoms with Crippen LogP contribution in [-0.4, -0.2) is 30.9 Å². The lowest BCUT2D eigenvalue weighted by Gasteiger charge is -2.24. The number of hydrogen-bond donors (Lipinski definition) is 2. The number of anilines is 1. The Morgan fingerprint density at radius 1 is 0.886 bits per heavy atom. The van der Waals surface area contributed by atoms with Crippen LogP contribution in [-0.2, 0) is 14.4 Å². The van der Waals surface area contributed by atoms with Crippen molar-refractivity contribution in [1.29, 1.82) is 0 Å². The highest BCUT2D eigenvalue weighted by Gasteiger charge is 2.30. The Labute approximate surface area is 205 Å². The highest BCUT2D eigenvalue weighted by molar-refractivity contribution is 5.91. The van der Waals surface area contributed by atoms with E-state index in [9.17, 15) is 14.4 Å². The monoisotopic (exact) mass is 476 g/mol. The summed E-state index contributed by atoms with van der Waals surface area (Å²) in [5.41, 5.74) is 1.46. The Bertz CT molecular complexity index is 1210. The van der Waals surface area contributed by atoms with E-state index < -0.39 is 17.9 Å². The molecule has 0 aliphatic carbocycles. The van der Waals surface area contributed by atoms with Crippen molar-refractivity contribution < 1.29 is 23.9 Å². The molecule has 7 heteroatoms. The van der Waals surface area contributed by atoms with Crippen LogP contribution in [0.4, 0.5) is 5.69 Å². The van der Waals surface area contributed by atoms with E-state index in [0.29, 0.717) is 17.9 Å². The number of fused-ring (bicyclic) bond motifs is 1. The first-order valence-corrected chi connectivity index (χ1v) is 11.7. The summed E-state index contributed by atoms with van der Waals surface area (Å²) in [6, 6.07) is 17.4. The number of hydrogen-bond acceptors (Lipinski definition) is 5. The average Bonchev–Trinajstić information content (AvgIpc) is 2.86. The van der Waals surface area contributed by atoms with Gasteiger partial charge in [0, 0.05) is 12.6 Å². The van der Waals surface area contributed by atoms with Crippen LogP contribution in [0.2, 0.25) is 0 Å². The van der Waals surface area contributed by atoms with Gasteiger partial charge in [-0.1, -0.05) is 44.5 Å². The number of esters is 1. The standard InChI is InChI=1S/C28H32N2O5/c1-6-17(2)26(28(33)35-24-13-10-23(11-14-24)29-19(4)31)30-27(32)18(3)20-7-8-22-16-25(34-5)12-9-21(22)15-20/h7-18,26H,6H2,1-5H3,(H,29,31)(H,30,32)/t17-,18-,26-/m0/s1. The van der Waals surface area contributed by atoms with Gasteiger partial charge in [-0.05, 0) is 65.6 Å². The molecule has 2 amide bonds. The second-order valence-corrected chi connectivity index (χ2v) is 8.69. The predicted octanol–water partition coefficient (Wildman–Crippen LogP) is 5.05. The number of nitrogens with one attached hydrogen (secondary N) is 2. The molecule has 0 aliphatic heterocycles. The maximum atomic E-state index is 13.1. The maximum Gasteiger partial charge on any atom is 0.334 e. The average molecular weight is 477 g/mol. The zero-order valence-corrected chi connectivity index (χ0v) is 20.8. The third-order valence-corrected chi connectivity index (χ3v) is 6.12. The molecule has 3 aromatic rings. The molecule has 0 radical (unpaired) electrons. The lowest BCUT2D eigenvalue weighted by atomic mass is 9.94. The minimum atomic E-state index is -0.797. The van der Waals surface area contributed by atoms with E-state index in [4.69, 9.17) is 9.47 Å². The number of rotatable bonds is 9. The summed E-state index contributed by atoms with van der Waals surface area (Å²) < 4.78 is 10.8. The van der Waals surface area contributed by atoms with Gasteiger partial charge in [-0.15, -0.1) is 0 Å². The highest BCUT2D eigenvalue weighted by atomic mass is 16.5. The van der Waals surface area contributed by atoms with Gasteiger partial charge >= 0.3 is 5.97 Å². The van der Waals surface area contributed by atoms with Gasteiger partial charge < -0.3 is 20.1 Å². The van der Waals surface area contributed by atoms with Crippen molar-refractivity contribution in [2.45, 2.75) is 46.1 Å². The largest absolute Gasteiger partial charge is 0.497 e. The fourth-order valence-corrected chi connectivity index (χ4v) is 3.73. The van der Waals surface area contributed by atoms with Gasteiger partial charge in [0.05, 0.1) is 13.0 Å². The highest BCUT2D eigenvalue weighted by Crippen LogP contribution is 2.26. The molecule has 0 bridgehead atoms. The smallest absolute Gasteiger partial charge is 0.334 e. The summed E-state index contributed by atoms with van der Waals surface area (Å²) in [6.45, 7) is 7.10. The molecule has 3 aromatic carbocycles. The molecule has 3 atom stereocenters. The fourth-order valence-electron chi connectivity index (χ4n) is 3.73. The molecule has 0 aliphatic rings. The molecule has 7 nitrogen and oxygen atoms in total. The zero-order chi connectivity index (χ0) is 25.5. The van der Waals surface area contributed by atoms with Crippen LogP contribution in [0.5, 0.6) is 11.5 Å². The van der Waals surface area contributed by atoms with Crippen LogP contribution < -0.4 is 20.1 Å². The third kappa shape index (κ3) is 6.59. The summed E-state index contributed by atoms with van der Waals surface area (Å²) >= 11 is 0. The molecular formula is C28H32N2O5. The van der Waals surface area contributed by atoms with Crippen LogP contribution in [0.25, 0.3) is 10.8 Å². The topological polar surface area (TPSA) is 93.7 Å². The van der Waals surface area contributed by atoms with Gasteiger partial charge in [0.25, 0.3) is 0 Å². The van der Waals surface area contributed by atoms with Crippen molar-refractivity contribution >= 4 is 34.2 Å². The maximum absolute atomic E-state index is 13.1. The molecule has 0 saturated heterocycles. The fraction of sp³-hybridized carbons (Fsp3) is 0.321. The molecule has 0 aromatic heterocycles. The van der Waals surface area contributed by atoms with Crippen LogP contribution in [0.15, 0.2) is 60.7 Å².